The zero-order valence-electron chi connectivity index (χ0n) is 16.7. The highest BCUT2D eigenvalue weighted by atomic mass is 16.1. The number of hydrogen-bond acceptors (Lipinski definition) is 2. The number of amides is 1. The maximum Gasteiger partial charge on any atom is 0.251 e. The van der Waals surface area contributed by atoms with E-state index in [4.69, 9.17) is 0 Å². The molecule has 1 heterocycles. The van der Waals surface area contributed by atoms with Gasteiger partial charge in [-0.05, 0) is 74.9 Å². The highest BCUT2D eigenvalue weighted by Gasteiger charge is 2.16. The van der Waals surface area contributed by atoms with Crippen LogP contribution in [0.2, 0.25) is 0 Å². The van der Waals surface area contributed by atoms with Crippen LogP contribution in [-0.2, 0) is 13.0 Å². The normalized spacial score (nSPS) is 16.8. The Balaban J connectivity index is 1.45. The van der Waals surface area contributed by atoms with Crippen LogP contribution in [0.25, 0.3) is 0 Å². The SMILES string of the molecule is CC1CCN(Cc2ccc(C(=O)NC(C)CCc3ccccc3)cc2)CC1. The summed E-state index contributed by atoms with van der Waals surface area (Å²) < 4.78 is 0. The second kappa shape index (κ2) is 9.70. The van der Waals surface area contributed by atoms with Crippen LogP contribution in [0.4, 0.5) is 0 Å². The summed E-state index contributed by atoms with van der Waals surface area (Å²) in [6.45, 7) is 7.77. The smallest absolute Gasteiger partial charge is 0.251 e. The van der Waals surface area contributed by atoms with E-state index in [0.29, 0.717) is 0 Å². The van der Waals surface area contributed by atoms with E-state index in [2.05, 4.69) is 60.5 Å². The lowest BCUT2D eigenvalue weighted by molar-refractivity contribution is 0.0938. The predicted octanol–water partition coefficient (Wildman–Crippen LogP) is 4.67. The zero-order chi connectivity index (χ0) is 19.1. The summed E-state index contributed by atoms with van der Waals surface area (Å²) in [5.74, 6) is 0.880. The van der Waals surface area contributed by atoms with Crippen molar-refractivity contribution in [1.29, 1.82) is 0 Å². The van der Waals surface area contributed by atoms with Gasteiger partial charge in [0.05, 0.1) is 0 Å². The number of benzene rings is 2. The second-order valence-corrected chi connectivity index (χ2v) is 8.05. The van der Waals surface area contributed by atoms with Gasteiger partial charge in [-0.25, -0.2) is 0 Å². The van der Waals surface area contributed by atoms with E-state index < -0.39 is 0 Å². The van der Waals surface area contributed by atoms with Gasteiger partial charge in [-0.3, -0.25) is 9.69 Å². The summed E-state index contributed by atoms with van der Waals surface area (Å²) in [4.78, 5) is 15.0. The van der Waals surface area contributed by atoms with E-state index in [9.17, 15) is 4.79 Å². The number of nitrogens with one attached hydrogen (secondary N) is 1. The number of aryl methyl sites for hydroxylation is 1. The topological polar surface area (TPSA) is 32.3 Å². The lowest BCUT2D eigenvalue weighted by atomic mass is 9.99. The summed E-state index contributed by atoms with van der Waals surface area (Å²) in [6, 6.07) is 18.7. The molecule has 3 heteroatoms. The quantitative estimate of drug-likeness (QED) is 0.774. The third-order valence-electron chi connectivity index (χ3n) is 5.58. The fourth-order valence-corrected chi connectivity index (χ4v) is 3.65. The number of carbonyl (C=O) groups excluding carboxylic acids is 1. The molecule has 1 aliphatic rings. The predicted molar refractivity (Wildman–Crippen MR) is 112 cm³/mol. The van der Waals surface area contributed by atoms with E-state index in [1.54, 1.807) is 0 Å². The Labute approximate surface area is 163 Å². The first-order valence-corrected chi connectivity index (χ1v) is 10.3. The lowest BCUT2D eigenvalue weighted by Gasteiger charge is -2.30. The van der Waals surface area contributed by atoms with Gasteiger partial charge in [-0.15, -0.1) is 0 Å². The Kier molecular flexibility index (Phi) is 7.05. The highest BCUT2D eigenvalue weighted by molar-refractivity contribution is 5.94. The number of nitrogens with zero attached hydrogens (tertiary/aromatic N) is 1. The summed E-state index contributed by atoms with van der Waals surface area (Å²) >= 11 is 0. The van der Waals surface area contributed by atoms with E-state index in [1.807, 2.05) is 18.2 Å². The van der Waals surface area contributed by atoms with Gasteiger partial charge in [0, 0.05) is 18.2 Å². The van der Waals surface area contributed by atoms with Crippen molar-refractivity contribution in [2.24, 2.45) is 5.92 Å². The minimum Gasteiger partial charge on any atom is -0.350 e. The first-order chi connectivity index (χ1) is 13.1. The van der Waals surface area contributed by atoms with Crippen molar-refractivity contribution < 1.29 is 4.79 Å². The van der Waals surface area contributed by atoms with Gasteiger partial charge in [-0.1, -0.05) is 49.4 Å². The molecule has 1 aliphatic heterocycles. The molecule has 1 saturated heterocycles. The average molecular weight is 365 g/mol. The van der Waals surface area contributed by atoms with Gasteiger partial charge in [0.2, 0.25) is 0 Å². The number of carbonyl (C=O) groups is 1. The number of piperidine rings is 1. The number of rotatable bonds is 7. The molecule has 2 aromatic carbocycles. The maximum absolute atomic E-state index is 12.5. The molecule has 3 rings (SSSR count). The number of likely N-dealkylation sites (tertiary alicyclic amines) is 1. The zero-order valence-corrected chi connectivity index (χ0v) is 16.7. The summed E-state index contributed by atoms with van der Waals surface area (Å²) in [5, 5.41) is 3.12. The van der Waals surface area contributed by atoms with Crippen molar-refractivity contribution in [3.8, 4) is 0 Å². The first-order valence-electron chi connectivity index (χ1n) is 10.3. The molecule has 1 fully saturated rings. The van der Waals surface area contributed by atoms with Gasteiger partial charge in [-0.2, -0.15) is 0 Å². The van der Waals surface area contributed by atoms with Crippen molar-refractivity contribution >= 4 is 5.91 Å². The second-order valence-electron chi connectivity index (χ2n) is 8.05. The van der Waals surface area contributed by atoms with Gasteiger partial charge >= 0.3 is 0 Å². The fourth-order valence-electron chi connectivity index (χ4n) is 3.65. The van der Waals surface area contributed by atoms with Crippen LogP contribution in [0, 0.1) is 5.92 Å². The average Bonchev–Trinajstić information content (AvgIpc) is 2.69. The highest BCUT2D eigenvalue weighted by Crippen LogP contribution is 2.18. The Bertz CT molecular complexity index is 703. The van der Waals surface area contributed by atoms with Crippen LogP contribution in [0.3, 0.4) is 0 Å². The van der Waals surface area contributed by atoms with Crippen molar-refractivity contribution in [1.82, 2.24) is 10.2 Å². The molecule has 1 unspecified atom stereocenters. The first kappa shape index (κ1) is 19.6. The monoisotopic (exact) mass is 364 g/mol. The van der Waals surface area contributed by atoms with Gasteiger partial charge in [0.25, 0.3) is 5.91 Å². The molecule has 3 nitrogen and oxygen atoms in total. The van der Waals surface area contributed by atoms with Crippen LogP contribution >= 0.6 is 0 Å². The van der Waals surface area contributed by atoms with E-state index >= 15 is 0 Å². The third-order valence-corrected chi connectivity index (χ3v) is 5.58. The van der Waals surface area contributed by atoms with Crippen LogP contribution < -0.4 is 5.32 Å². The van der Waals surface area contributed by atoms with Crippen LogP contribution in [-0.4, -0.2) is 29.9 Å². The summed E-state index contributed by atoms with van der Waals surface area (Å²) in [7, 11) is 0. The lowest BCUT2D eigenvalue weighted by Crippen LogP contribution is -2.33. The van der Waals surface area contributed by atoms with Gasteiger partial charge < -0.3 is 5.32 Å². The van der Waals surface area contributed by atoms with Crippen LogP contribution in [0.15, 0.2) is 54.6 Å². The fraction of sp³-hybridized carbons (Fsp3) is 0.458. The third kappa shape index (κ3) is 6.21. The van der Waals surface area contributed by atoms with Crippen LogP contribution in [0.1, 0.15) is 54.6 Å². The summed E-state index contributed by atoms with van der Waals surface area (Å²) in [5.41, 5.74) is 3.35. The summed E-state index contributed by atoms with van der Waals surface area (Å²) in [6.07, 6.45) is 4.51. The molecular weight excluding hydrogens is 332 g/mol. The minimum atomic E-state index is 0.0221. The van der Waals surface area contributed by atoms with Gasteiger partial charge in [0.15, 0.2) is 0 Å². The molecule has 1 amide bonds. The largest absolute Gasteiger partial charge is 0.350 e. The molecule has 1 N–H and O–H groups in total. The minimum absolute atomic E-state index is 0.0221. The Morgan fingerprint density at radius 1 is 1.04 bits per heavy atom. The van der Waals surface area contributed by atoms with Crippen molar-refractivity contribution in [3.63, 3.8) is 0 Å². The molecule has 0 bridgehead atoms. The van der Waals surface area contributed by atoms with Crippen molar-refractivity contribution in [2.75, 3.05) is 13.1 Å². The van der Waals surface area contributed by atoms with E-state index in [0.717, 1.165) is 30.9 Å². The number of hydrogen-bond donors (Lipinski definition) is 1. The molecular formula is C24H32N2O. The molecule has 1 atom stereocenters. The van der Waals surface area contributed by atoms with E-state index in [1.165, 1.54) is 37.1 Å². The molecule has 0 aromatic heterocycles. The Hall–Kier alpha value is -2.13. The van der Waals surface area contributed by atoms with Crippen LogP contribution in [0.5, 0.6) is 0 Å². The standard InChI is InChI=1S/C24H32N2O/c1-19-14-16-26(17-15-19)18-22-10-12-23(13-11-22)24(27)25-20(2)8-9-21-6-4-3-5-7-21/h3-7,10-13,19-20H,8-9,14-18H2,1-2H3,(H,25,27). The van der Waals surface area contributed by atoms with Gasteiger partial charge in [0.1, 0.15) is 0 Å². The van der Waals surface area contributed by atoms with Crippen molar-refractivity contribution in [2.45, 2.75) is 52.1 Å². The van der Waals surface area contributed by atoms with E-state index in [-0.39, 0.29) is 11.9 Å². The molecule has 2 aromatic rings. The molecule has 0 spiro atoms. The molecule has 0 aliphatic carbocycles. The molecule has 144 valence electrons. The maximum atomic E-state index is 12.5. The Morgan fingerprint density at radius 3 is 2.37 bits per heavy atom. The molecule has 27 heavy (non-hydrogen) atoms. The van der Waals surface area contributed by atoms with Crippen molar-refractivity contribution in [3.05, 3.63) is 71.3 Å². The molecule has 0 saturated carbocycles. The molecule has 0 radical (unpaired) electrons. The Morgan fingerprint density at radius 2 is 1.70 bits per heavy atom.